The van der Waals surface area contributed by atoms with Gasteiger partial charge in [0.1, 0.15) is 6.07 Å². The van der Waals surface area contributed by atoms with Gasteiger partial charge in [0.25, 0.3) is 0 Å². The topological polar surface area (TPSA) is 58.0 Å². The van der Waals surface area contributed by atoms with E-state index >= 15 is 0 Å². The van der Waals surface area contributed by atoms with Crippen LogP contribution in [0.1, 0.15) is 11.3 Å². The average molecular weight is 200 g/mol. The van der Waals surface area contributed by atoms with Crippen LogP contribution in [0.5, 0.6) is 11.5 Å². The Kier molecular flexibility index (Phi) is 1.46. The second-order valence-corrected chi connectivity index (χ2v) is 3.49. The Labute approximate surface area is 86.0 Å². The number of ether oxygens (including phenoxy) is 2. The van der Waals surface area contributed by atoms with Crippen LogP contribution in [0, 0.1) is 18.3 Å². The van der Waals surface area contributed by atoms with Gasteiger partial charge in [0.15, 0.2) is 11.5 Å². The summed E-state index contributed by atoms with van der Waals surface area (Å²) in [5.41, 5.74) is 2.45. The molecule has 0 fully saturated rings. The minimum atomic E-state index is 0.253. The summed E-state index contributed by atoms with van der Waals surface area (Å²) < 4.78 is 10.5. The molecule has 2 aromatic rings. The number of nitriles is 1. The zero-order chi connectivity index (χ0) is 10.4. The van der Waals surface area contributed by atoms with E-state index in [1.165, 1.54) is 0 Å². The predicted octanol–water partition coefficient (Wildman–Crippen LogP) is 2.08. The van der Waals surface area contributed by atoms with E-state index in [0.29, 0.717) is 11.3 Å². The third-order valence-corrected chi connectivity index (χ3v) is 2.59. The van der Waals surface area contributed by atoms with Gasteiger partial charge in [-0.2, -0.15) is 5.26 Å². The molecule has 4 heteroatoms. The van der Waals surface area contributed by atoms with Gasteiger partial charge in [-0.1, -0.05) is 0 Å². The molecule has 1 aromatic heterocycles. The third kappa shape index (κ3) is 1.00. The standard InChI is InChI=1S/C11H8N2O2/c1-6-8(4-12)7-2-10-11(15-5-14-10)3-9(7)13-6/h2-3,13H,5H2,1H3. The lowest BCUT2D eigenvalue weighted by molar-refractivity contribution is 0.174. The normalized spacial score (nSPS) is 13.1. The molecule has 74 valence electrons. The van der Waals surface area contributed by atoms with Gasteiger partial charge in [0, 0.05) is 17.1 Å². The number of nitrogens with zero attached hydrogens (tertiary/aromatic N) is 1. The lowest BCUT2D eigenvalue weighted by Crippen LogP contribution is -1.92. The summed E-state index contributed by atoms with van der Waals surface area (Å²) in [5, 5.41) is 9.90. The van der Waals surface area contributed by atoms with Crippen molar-refractivity contribution in [3.8, 4) is 17.6 Å². The van der Waals surface area contributed by atoms with Crippen LogP contribution in [0.15, 0.2) is 12.1 Å². The quantitative estimate of drug-likeness (QED) is 0.708. The number of aryl methyl sites for hydroxylation is 1. The van der Waals surface area contributed by atoms with E-state index < -0.39 is 0 Å². The van der Waals surface area contributed by atoms with Crippen molar-refractivity contribution in [1.82, 2.24) is 4.98 Å². The summed E-state index contributed by atoms with van der Waals surface area (Å²) in [6, 6.07) is 5.90. The van der Waals surface area contributed by atoms with Gasteiger partial charge in [-0.25, -0.2) is 0 Å². The Morgan fingerprint density at radius 2 is 2.07 bits per heavy atom. The van der Waals surface area contributed by atoms with E-state index in [1.807, 2.05) is 19.1 Å². The first-order chi connectivity index (χ1) is 7.29. The van der Waals surface area contributed by atoms with E-state index in [1.54, 1.807) is 0 Å². The number of benzene rings is 1. The number of nitrogens with one attached hydrogen (secondary N) is 1. The molecule has 1 aromatic carbocycles. The van der Waals surface area contributed by atoms with E-state index in [4.69, 9.17) is 14.7 Å². The van der Waals surface area contributed by atoms with E-state index in [2.05, 4.69) is 11.1 Å². The smallest absolute Gasteiger partial charge is 0.231 e. The van der Waals surface area contributed by atoms with Crippen molar-refractivity contribution in [3.05, 3.63) is 23.4 Å². The van der Waals surface area contributed by atoms with Crippen LogP contribution in [-0.2, 0) is 0 Å². The fraction of sp³-hybridized carbons (Fsp3) is 0.182. The van der Waals surface area contributed by atoms with Crippen molar-refractivity contribution in [1.29, 1.82) is 5.26 Å². The molecule has 0 atom stereocenters. The number of hydrogen-bond donors (Lipinski definition) is 1. The SMILES string of the molecule is Cc1[nH]c2cc3c(cc2c1C#N)OCO3. The molecule has 0 bridgehead atoms. The first kappa shape index (κ1) is 8.18. The Hall–Kier alpha value is -2.15. The number of H-pyrrole nitrogens is 1. The van der Waals surface area contributed by atoms with Gasteiger partial charge < -0.3 is 14.5 Å². The molecule has 0 radical (unpaired) electrons. The molecule has 0 unspecified atom stereocenters. The highest BCUT2D eigenvalue weighted by atomic mass is 16.7. The number of hydrogen-bond acceptors (Lipinski definition) is 3. The van der Waals surface area contributed by atoms with Crippen LogP contribution < -0.4 is 9.47 Å². The average Bonchev–Trinajstić information content (AvgIpc) is 2.76. The van der Waals surface area contributed by atoms with E-state index in [9.17, 15) is 0 Å². The van der Waals surface area contributed by atoms with Gasteiger partial charge in [0.2, 0.25) is 6.79 Å². The molecule has 3 rings (SSSR count). The van der Waals surface area contributed by atoms with Gasteiger partial charge in [-0.15, -0.1) is 0 Å². The predicted molar refractivity (Wildman–Crippen MR) is 53.9 cm³/mol. The van der Waals surface area contributed by atoms with Gasteiger partial charge in [-0.05, 0) is 13.0 Å². The molecule has 0 saturated heterocycles. The fourth-order valence-corrected chi connectivity index (χ4v) is 1.86. The summed E-state index contributed by atoms with van der Waals surface area (Å²) in [6.07, 6.45) is 0. The van der Waals surface area contributed by atoms with Gasteiger partial charge in [0.05, 0.1) is 11.1 Å². The summed E-state index contributed by atoms with van der Waals surface area (Å²) in [5.74, 6) is 1.44. The highest BCUT2D eigenvalue weighted by molar-refractivity contribution is 5.90. The molecule has 4 nitrogen and oxygen atoms in total. The molecule has 1 aliphatic rings. The zero-order valence-corrected chi connectivity index (χ0v) is 8.13. The molecule has 0 amide bonds. The number of rotatable bonds is 0. The Morgan fingerprint density at radius 1 is 1.33 bits per heavy atom. The van der Waals surface area contributed by atoms with Crippen molar-refractivity contribution >= 4 is 10.9 Å². The van der Waals surface area contributed by atoms with Crippen LogP contribution in [0.2, 0.25) is 0 Å². The number of aromatic nitrogens is 1. The minimum Gasteiger partial charge on any atom is -0.454 e. The van der Waals surface area contributed by atoms with E-state index in [-0.39, 0.29) is 6.79 Å². The maximum Gasteiger partial charge on any atom is 0.231 e. The molecular formula is C11H8N2O2. The summed E-state index contributed by atoms with van der Waals surface area (Å²) in [6.45, 7) is 2.13. The van der Waals surface area contributed by atoms with Crippen molar-refractivity contribution in [3.63, 3.8) is 0 Å². The van der Waals surface area contributed by atoms with Crippen molar-refractivity contribution in [2.45, 2.75) is 6.92 Å². The van der Waals surface area contributed by atoms with Crippen LogP contribution in [-0.4, -0.2) is 11.8 Å². The maximum absolute atomic E-state index is 9.01. The van der Waals surface area contributed by atoms with E-state index in [0.717, 1.165) is 22.3 Å². The molecular weight excluding hydrogens is 192 g/mol. The lowest BCUT2D eigenvalue weighted by Gasteiger charge is -1.95. The number of fused-ring (bicyclic) bond motifs is 2. The Bertz CT molecular complexity index is 593. The first-order valence-electron chi connectivity index (χ1n) is 4.61. The molecule has 2 heterocycles. The third-order valence-electron chi connectivity index (χ3n) is 2.59. The first-order valence-corrected chi connectivity index (χ1v) is 4.61. The molecule has 0 aliphatic carbocycles. The van der Waals surface area contributed by atoms with Crippen molar-refractivity contribution in [2.24, 2.45) is 0 Å². The summed E-state index contributed by atoms with van der Waals surface area (Å²) in [4.78, 5) is 3.15. The monoisotopic (exact) mass is 200 g/mol. The van der Waals surface area contributed by atoms with Crippen LogP contribution in [0.3, 0.4) is 0 Å². The zero-order valence-electron chi connectivity index (χ0n) is 8.13. The Morgan fingerprint density at radius 3 is 2.80 bits per heavy atom. The van der Waals surface area contributed by atoms with Crippen molar-refractivity contribution in [2.75, 3.05) is 6.79 Å². The second-order valence-electron chi connectivity index (χ2n) is 3.49. The molecule has 0 saturated carbocycles. The highest BCUT2D eigenvalue weighted by Gasteiger charge is 2.17. The second kappa shape index (κ2) is 2.67. The maximum atomic E-state index is 9.01. The van der Waals surface area contributed by atoms with Crippen molar-refractivity contribution < 1.29 is 9.47 Å². The minimum absolute atomic E-state index is 0.253. The molecule has 0 spiro atoms. The van der Waals surface area contributed by atoms with Crippen LogP contribution >= 0.6 is 0 Å². The largest absolute Gasteiger partial charge is 0.454 e. The molecule has 1 N–H and O–H groups in total. The van der Waals surface area contributed by atoms with Gasteiger partial charge in [-0.3, -0.25) is 0 Å². The molecule has 15 heavy (non-hydrogen) atoms. The highest BCUT2D eigenvalue weighted by Crippen LogP contribution is 2.37. The summed E-state index contributed by atoms with van der Waals surface area (Å²) in [7, 11) is 0. The summed E-state index contributed by atoms with van der Waals surface area (Å²) >= 11 is 0. The number of aromatic amines is 1. The van der Waals surface area contributed by atoms with Crippen LogP contribution in [0.25, 0.3) is 10.9 Å². The van der Waals surface area contributed by atoms with Gasteiger partial charge >= 0.3 is 0 Å². The molecule has 1 aliphatic heterocycles. The Balaban J connectivity index is 2.39. The fourth-order valence-electron chi connectivity index (χ4n) is 1.86. The van der Waals surface area contributed by atoms with Crippen LogP contribution in [0.4, 0.5) is 0 Å². The lowest BCUT2D eigenvalue weighted by atomic mass is 10.1.